The van der Waals surface area contributed by atoms with Crippen LogP contribution in [-0.4, -0.2) is 21.5 Å². The maximum atomic E-state index is 12.7. The lowest BCUT2D eigenvalue weighted by molar-refractivity contribution is 0.0948. The molecule has 4 rings (SSSR count). The highest BCUT2D eigenvalue weighted by Crippen LogP contribution is 2.18. The average Bonchev–Trinajstić information content (AvgIpc) is 3.08. The number of fused-ring (bicyclic) bond motifs is 1. The minimum atomic E-state index is -0.317. The third-order valence-electron chi connectivity index (χ3n) is 4.70. The highest BCUT2D eigenvalue weighted by Gasteiger charge is 2.16. The van der Waals surface area contributed by atoms with Crippen molar-refractivity contribution in [1.29, 1.82) is 0 Å². The quantitative estimate of drug-likeness (QED) is 0.389. The Labute approximate surface area is 174 Å². The SMILES string of the molecule is Cc1ccn2c(C(=O)NN=Cc3ccccc3OCc3ccccc3)c(C)nc2c1. The third kappa shape index (κ3) is 4.22. The lowest BCUT2D eigenvalue weighted by atomic mass is 10.2. The largest absolute Gasteiger partial charge is 0.488 e. The van der Waals surface area contributed by atoms with Crippen molar-refractivity contribution in [3.05, 3.63) is 101 Å². The average molecular weight is 398 g/mol. The van der Waals surface area contributed by atoms with Gasteiger partial charge in [0.15, 0.2) is 0 Å². The Bertz CT molecular complexity index is 1210. The summed E-state index contributed by atoms with van der Waals surface area (Å²) in [6.45, 7) is 4.26. The Kier molecular flexibility index (Phi) is 5.57. The van der Waals surface area contributed by atoms with Crippen LogP contribution in [0.5, 0.6) is 5.75 Å². The molecule has 0 aliphatic rings. The van der Waals surface area contributed by atoms with Crippen molar-refractivity contribution >= 4 is 17.8 Å². The van der Waals surface area contributed by atoms with E-state index in [1.165, 1.54) is 0 Å². The summed E-state index contributed by atoms with van der Waals surface area (Å²) in [6, 6.07) is 21.4. The van der Waals surface area contributed by atoms with Gasteiger partial charge in [0.2, 0.25) is 0 Å². The molecule has 0 radical (unpaired) electrons. The second-order valence-corrected chi connectivity index (χ2v) is 6.99. The summed E-state index contributed by atoms with van der Waals surface area (Å²) >= 11 is 0. The number of para-hydroxylation sites is 1. The molecule has 0 atom stereocenters. The molecular weight excluding hydrogens is 376 g/mol. The second kappa shape index (κ2) is 8.61. The van der Waals surface area contributed by atoms with Crippen molar-refractivity contribution in [2.24, 2.45) is 5.10 Å². The predicted molar refractivity (Wildman–Crippen MR) is 117 cm³/mol. The number of amides is 1. The fraction of sp³-hybridized carbons (Fsp3) is 0.125. The molecule has 0 aliphatic carbocycles. The fourth-order valence-corrected chi connectivity index (χ4v) is 3.21. The zero-order valence-corrected chi connectivity index (χ0v) is 16.9. The van der Waals surface area contributed by atoms with Crippen LogP contribution in [0, 0.1) is 13.8 Å². The monoisotopic (exact) mass is 398 g/mol. The first-order valence-electron chi connectivity index (χ1n) is 9.66. The van der Waals surface area contributed by atoms with Gasteiger partial charge in [0.1, 0.15) is 23.7 Å². The molecule has 0 unspecified atom stereocenters. The van der Waals surface area contributed by atoms with Crippen molar-refractivity contribution < 1.29 is 9.53 Å². The number of nitrogens with zero attached hydrogens (tertiary/aromatic N) is 3. The van der Waals surface area contributed by atoms with Crippen LogP contribution in [0.15, 0.2) is 78.0 Å². The van der Waals surface area contributed by atoms with Gasteiger partial charge in [-0.05, 0) is 49.2 Å². The molecule has 2 heterocycles. The molecule has 0 saturated carbocycles. The third-order valence-corrected chi connectivity index (χ3v) is 4.70. The van der Waals surface area contributed by atoms with E-state index in [0.717, 1.165) is 22.3 Å². The molecule has 0 saturated heterocycles. The van der Waals surface area contributed by atoms with Crippen LogP contribution in [0.2, 0.25) is 0 Å². The molecular formula is C24H22N4O2. The molecule has 2 aromatic carbocycles. The van der Waals surface area contributed by atoms with Crippen LogP contribution in [-0.2, 0) is 6.61 Å². The maximum absolute atomic E-state index is 12.7. The van der Waals surface area contributed by atoms with Gasteiger partial charge in [-0.25, -0.2) is 10.4 Å². The molecule has 0 fully saturated rings. The van der Waals surface area contributed by atoms with Gasteiger partial charge in [-0.1, -0.05) is 42.5 Å². The first kappa shape index (κ1) is 19.4. The summed E-state index contributed by atoms with van der Waals surface area (Å²) in [5.41, 5.74) is 7.40. The highest BCUT2D eigenvalue weighted by atomic mass is 16.5. The minimum Gasteiger partial charge on any atom is -0.488 e. The number of hydrogen-bond donors (Lipinski definition) is 1. The van der Waals surface area contributed by atoms with Gasteiger partial charge < -0.3 is 4.74 Å². The topological polar surface area (TPSA) is 68.0 Å². The molecule has 2 aromatic heterocycles. The fourth-order valence-electron chi connectivity index (χ4n) is 3.21. The molecule has 1 amide bonds. The second-order valence-electron chi connectivity index (χ2n) is 6.99. The number of aryl methyl sites for hydroxylation is 2. The van der Waals surface area contributed by atoms with E-state index >= 15 is 0 Å². The number of carbonyl (C=O) groups is 1. The molecule has 6 heteroatoms. The summed E-state index contributed by atoms with van der Waals surface area (Å²) in [5, 5.41) is 4.13. The summed E-state index contributed by atoms with van der Waals surface area (Å²) in [7, 11) is 0. The summed E-state index contributed by atoms with van der Waals surface area (Å²) in [4.78, 5) is 17.2. The Morgan fingerprint density at radius 3 is 2.70 bits per heavy atom. The number of hydrazone groups is 1. The van der Waals surface area contributed by atoms with Gasteiger partial charge in [0.25, 0.3) is 5.91 Å². The van der Waals surface area contributed by atoms with E-state index < -0.39 is 0 Å². The van der Waals surface area contributed by atoms with E-state index in [4.69, 9.17) is 4.74 Å². The molecule has 6 nitrogen and oxygen atoms in total. The number of benzene rings is 2. The van der Waals surface area contributed by atoms with E-state index in [1.54, 1.807) is 10.6 Å². The number of rotatable bonds is 6. The molecule has 0 spiro atoms. The van der Waals surface area contributed by atoms with Crippen LogP contribution in [0.1, 0.15) is 32.9 Å². The van der Waals surface area contributed by atoms with E-state index in [2.05, 4.69) is 15.5 Å². The summed E-state index contributed by atoms with van der Waals surface area (Å²) in [6.07, 6.45) is 3.43. The van der Waals surface area contributed by atoms with Crippen LogP contribution in [0.4, 0.5) is 0 Å². The van der Waals surface area contributed by atoms with Crippen LogP contribution in [0.25, 0.3) is 5.65 Å². The van der Waals surface area contributed by atoms with Crippen molar-refractivity contribution in [2.75, 3.05) is 0 Å². The Morgan fingerprint density at radius 1 is 1.10 bits per heavy atom. The molecule has 0 bridgehead atoms. The first-order chi connectivity index (χ1) is 14.6. The number of carbonyl (C=O) groups excluding carboxylic acids is 1. The van der Waals surface area contributed by atoms with Gasteiger partial charge >= 0.3 is 0 Å². The Morgan fingerprint density at radius 2 is 1.87 bits per heavy atom. The van der Waals surface area contributed by atoms with Gasteiger partial charge in [0.05, 0.1) is 11.9 Å². The summed E-state index contributed by atoms with van der Waals surface area (Å²) in [5.74, 6) is 0.378. The smallest absolute Gasteiger partial charge is 0.290 e. The number of hydrogen-bond acceptors (Lipinski definition) is 4. The standard InChI is InChI=1S/C24H22N4O2/c1-17-12-13-28-22(14-17)26-18(2)23(28)24(29)27-25-15-20-10-6-7-11-21(20)30-16-19-8-4-3-5-9-19/h3-15H,16H2,1-2H3,(H,27,29). The Hall–Kier alpha value is -3.93. The minimum absolute atomic E-state index is 0.317. The van der Waals surface area contributed by atoms with Gasteiger partial charge in [-0.3, -0.25) is 9.20 Å². The van der Waals surface area contributed by atoms with E-state index in [9.17, 15) is 4.79 Å². The zero-order chi connectivity index (χ0) is 20.9. The van der Waals surface area contributed by atoms with Gasteiger partial charge in [0, 0.05) is 11.8 Å². The number of nitrogens with one attached hydrogen (secondary N) is 1. The van der Waals surface area contributed by atoms with Gasteiger partial charge in [-0.15, -0.1) is 0 Å². The van der Waals surface area contributed by atoms with Crippen LogP contribution >= 0.6 is 0 Å². The predicted octanol–water partition coefficient (Wildman–Crippen LogP) is 4.29. The normalized spacial score (nSPS) is 11.1. The molecule has 30 heavy (non-hydrogen) atoms. The van der Waals surface area contributed by atoms with Crippen molar-refractivity contribution in [3.63, 3.8) is 0 Å². The van der Waals surface area contributed by atoms with Crippen molar-refractivity contribution in [2.45, 2.75) is 20.5 Å². The molecule has 1 N–H and O–H groups in total. The van der Waals surface area contributed by atoms with E-state index in [1.807, 2.05) is 86.8 Å². The van der Waals surface area contributed by atoms with E-state index in [-0.39, 0.29) is 5.91 Å². The van der Waals surface area contributed by atoms with Crippen LogP contribution < -0.4 is 10.2 Å². The Balaban J connectivity index is 1.47. The maximum Gasteiger partial charge on any atom is 0.290 e. The lowest BCUT2D eigenvalue weighted by Gasteiger charge is -2.09. The number of imidazole rings is 1. The van der Waals surface area contributed by atoms with Gasteiger partial charge in [-0.2, -0.15) is 5.10 Å². The van der Waals surface area contributed by atoms with E-state index in [0.29, 0.717) is 23.7 Å². The summed E-state index contributed by atoms with van der Waals surface area (Å²) < 4.78 is 7.69. The van der Waals surface area contributed by atoms with Crippen molar-refractivity contribution in [1.82, 2.24) is 14.8 Å². The molecule has 0 aliphatic heterocycles. The highest BCUT2D eigenvalue weighted by molar-refractivity contribution is 5.95. The number of aromatic nitrogens is 2. The molecule has 4 aromatic rings. The number of ether oxygens (including phenoxy) is 1. The van der Waals surface area contributed by atoms with Crippen molar-refractivity contribution in [3.8, 4) is 5.75 Å². The zero-order valence-electron chi connectivity index (χ0n) is 16.9. The number of pyridine rings is 1. The first-order valence-corrected chi connectivity index (χ1v) is 9.66. The lowest BCUT2D eigenvalue weighted by Crippen LogP contribution is -2.20. The van der Waals surface area contributed by atoms with Crippen LogP contribution in [0.3, 0.4) is 0 Å². The molecule has 150 valence electrons.